The van der Waals surface area contributed by atoms with E-state index in [1.54, 1.807) is 43.3 Å². The zero-order valence-electron chi connectivity index (χ0n) is 37.4. The van der Waals surface area contributed by atoms with Gasteiger partial charge in [0.2, 0.25) is 0 Å². The van der Waals surface area contributed by atoms with Crippen LogP contribution >= 0.6 is 108 Å². The Morgan fingerprint density at radius 2 is 1.10 bits per heavy atom. The first-order valence-electron chi connectivity index (χ1n) is 20.8. The second kappa shape index (κ2) is 30.8. The fourth-order valence-electron chi connectivity index (χ4n) is 7.56. The van der Waals surface area contributed by atoms with Gasteiger partial charge < -0.3 is 38.9 Å². The molecule has 4 aromatic carbocycles. The number of likely N-dealkylation sites (N-methyl/N-ethyl adjacent to an activating group) is 2. The Kier molecular flexibility index (Phi) is 27.8. The predicted octanol–water partition coefficient (Wildman–Crippen LogP) is 11.4. The van der Waals surface area contributed by atoms with Crippen molar-refractivity contribution in [2.75, 3.05) is 57.4 Å². The second-order valence-electron chi connectivity index (χ2n) is 15.1. The van der Waals surface area contributed by atoms with Gasteiger partial charge in [-0.25, -0.2) is 5.84 Å². The minimum Gasteiger partial charge on any atom is -0.480 e. The van der Waals surface area contributed by atoms with Crippen molar-refractivity contribution in [1.29, 1.82) is 0 Å². The zero-order chi connectivity index (χ0) is 48.5. The molecule has 0 atom stereocenters. The van der Waals surface area contributed by atoms with Crippen LogP contribution in [0.15, 0.2) is 84.9 Å². The van der Waals surface area contributed by atoms with E-state index in [2.05, 4.69) is 71.1 Å². The molecule has 0 amide bonds. The number of esters is 2. The van der Waals surface area contributed by atoms with Crippen molar-refractivity contribution in [3.8, 4) is 0 Å². The van der Waals surface area contributed by atoms with Crippen LogP contribution in [0.1, 0.15) is 43.8 Å². The molecule has 2 aromatic heterocycles. The Hall–Kier alpha value is -2.84. The molecular formula is C47H59Cl4I3N8O6. The summed E-state index contributed by atoms with van der Waals surface area (Å²) in [5.41, 5.74) is 11.0. The lowest BCUT2D eigenvalue weighted by molar-refractivity contribution is -0.144. The molecular weight excluding hydrogens is 1300 g/mol. The molecule has 6 aromatic rings. The molecule has 68 heavy (non-hydrogen) atoms. The standard InChI is InChI=1S/C16H19ClN2O2.C14H15ClN2O2.C10H13ClN2O2.C6H7ClN2.CH4.I2.HI/c1-3-21-16(20)10-19-14-5-4-11(17)8-12(14)13-9-18(2)7-6-15(13)19;1-16-5-4-13-11(7-16)10-6-9(15)2-3-12(10)17(13)8-14(18)19;1-2-15-10(14)7-13(12)9-5-3-8(11)4-6-9;7-5-1-3-6(9-8)4-2-5;;1-2;/h4-5,8H,3,6-7,9-10H2,1-2H3;2-3,6H,4-5,7-8H2,1H3,(H,18,19);3-6H,2,7,12H2,1H3;1-4,9H,8H2;1H4;;1H. The van der Waals surface area contributed by atoms with Crippen LogP contribution in [0.2, 0.25) is 20.1 Å². The van der Waals surface area contributed by atoms with Gasteiger partial charge in [-0.1, -0.05) is 53.8 Å². The second-order valence-corrected chi connectivity index (χ2v) is 16.8. The van der Waals surface area contributed by atoms with Gasteiger partial charge in [0.05, 0.1) is 18.9 Å². The number of carboxylic acid groups (broad SMARTS) is 1. The summed E-state index contributed by atoms with van der Waals surface area (Å²) in [6.45, 7) is 8.34. The van der Waals surface area contributed by atoms with Crippen molar-refractivity contribution in [3.63, 3.8) is 0 Å². The van der Waals surface area contributed by atoms with Crippen molar-refractivity contribution >= 4 is 159 Å². The zero-order valence-corrected chi connectivity index (χ0v) is 47.1. The summed E-state index contributed by atoms with van der Waals surface area (Å²) in [4.78, 5) is 38.6. The highest BCUT2D eigenvalue weighted by atomic mass is 128. The number of carboxylic acids is 1. The third-order valence-corrected chi connectivity index (χ3v) is 11.4. The van der Waals surface area contributed by atoms with E-state index in [-0.39, 0.29) is 63.0 Å². The molecule has 8 rings (SSSR count). The van der Waals surface area contributed by atoms with Crippen molar-refractivity contribution in [1.82, 2.24) is 18.9 Å². The highest BCUT2D eigenvalue weighted by molar-refractivity contribution is 15.0. The number of nitrogens with one attached hydrogen (secondary N) is 1. The summed E-state index contributed by atoms with van der Waals surface area (Å²) >= 11 is 27.8. The molecule has 0 bridgehead atoms. The molecule has 0 saturated heterocycles. The number of halogens is 7. The van der Waals surface area contributed by atoms with Crippen molar-refractivity contribution in [2.24, 2.45) is 11.7 Å². The summed E-state index contributed by atoms with van der Waals surface area (Å²) < 4.78 is 13.9. The molecule has 0 unspecified atom stereocenters. The molecule has 0 radical (unpaired) electrons. The number of hydrogen-bond donors (Lipinski definition) is 4. The Labute approximate surface area is 459 Å². The maximum absolute atomic E-state index is 11.9. The van der Waals surface area contributed by atoms with Gasteiger partial charge in [0.25, 0.3) is 0 Å². The number of nitrogen functional groups attached to an aromatic ring is 1. The fourth-order valence-corrected chi connectivity index (χ4v) is 8.16. The number of nitrogens with zero attached hydrogens (tertiary/aromatic N) is 5. The number of carbonyl (C=O) groups is 3. The molecule has 6 N–H and O–H groups in total. The van der Waals surface area contributed by atoms with Crippen LogP contribution in [0, 0.1) is 0 Å². The Bertz CT molecular complexity index is 2550. The topological polar surface area (TPSA) is 174 Å². The van der Waals surface area contributed by atoms with Crippen LogP contribution in [0.25, 0.3) is 21.8 Å². The quantitative estimate of drug-likeness (QED) is 0.0443. The van der Waals surface area contributed by atoms with Gasteiger partial charge in [-0.2, -0.15) is 0 Å². The van der Waals surface area contributed by atoms with Crippen LogP contribution in [0.4, 0.5) is 11.4 Å². The maximum atomic E-state index is 11.9. The highest BCUT2D eigenvalue weighted by Gasteiger charge is 2.25. The van der Waals surface area contributed by atoms with Crippen molar-refractivity contribution in [3.05, 3.63) is 128 Å². The molecule has 372 valence electrons. The molecule has 0 aliphatic carbocycles. The fraction of sp³-hybridized carbons (Fsp3) is 0.340. The average Bonchev–Trinajstić information content (AvgIpc) is 3.74. The van der Waals surface area contributed by atoms with Crippen molar-refractivity contribution < 1.29 is 29.0 Å². The summed E-state index contributed by atoms with van der Waals surface area (Å²) in [5, 5.41) is 15.4. The normalized spacial score (nSPS) is 12.5. The molecule has 0 saturated carbocycles. The Balaban J connectivity index is 0.000000315. The van der Waals surface area contributed by atoms with Crippen LogP contribution in [0.3, 0.4) is 0 Å². The van der Waals surface area contributed by atoms with Crippen molar-refractivity contribution in [2.45, 2.75) is 60.3 Å². The molecule has 2 aliphatic rings. The molecule has 2 aliphatic heterocycles. The number of aliphatic carboxylic acids is 1. The molecule has 14 nitrogen and oxygen atoms in total. The van der Waals surface area contributed by atoms with E-state index in [1.165, 1.54) is 21.8 Å². The smallest absolute Gasteiger partial charge is 0.327 e. The van der Waals surface area contributed by atoms with Gasteiger partial charge in [0, 0.05) is 135 Å². The van der Waals surface area contributed by atoms with E-state index in [0.29, 0.717) is 34.0 Å². The lowest BCUT2D eigenvalue weighted by atomic mass is 10.1. The third kappa shape index (κ3) is 17.8. The number of ether oxygens (including phenoxy) is 2. The number of hydrazine groups is 2. The number of hydrogen-bond acceptors (Lipinski definition) is 11. The first-order valence-corrected chi connectivity index (χ1v) is 28.5. The minimum absolute atomic E-state index is 0. The van der Waals surface area contributed by atoms with Gasteiger partial charge in [0.1, 0.15) is 19.6 Å². The molecule has 21 heteroatoms. The largest absolute Gasteiger partial charge is 0.480 e. The molecule has 0 fully saturated rings. The number of rotatable bonds is 10. The van der Waals surface area contributed by atoms with Crippen LogP contribution in [-0.4, -0.2) is 88.9 Å². The molecule has 0 spiro atoms. The number of aromatic nitrogens is 2. The van der Waals surface area contributed by atoms with Gasteiger partial charge in [-0.05, 0) is 124 Å². The Morgan fingerprint density at radius 1 is 0.691 bits per heavy atom. The van der Waals surface area contributed by atoms with E-state index < -0.39 is 5.97 Å². The van der Waals surface area contributed by atoms with Crippen LogP contribution in [0.5, 0.6) is 0 Å². The summed E-state index contributed by atoms with van der Waals surface area (Å²) in [6.07, 6.45) is 1.82. The highest BCUT2D eigenvalue weighted by Crippen LogP contribution is 2.34. The monoisotopic (exact) mass is 1350 g/mol. The van der Waals surface area contributed by atoms with Crippen LogP contribution < -0.4 is 22.1 Å². The third-order valence-electron chi connectivity index (χ3n) is 10.5. The lowest BCUT2D eigenvalue weighted by Crippen LogP contribution is -2.36. The lowest BCUT2D eigenvalue weighted by Gasteiger charge is -2.24. The van der Waals surface area contributed by atoms with Crippen LogP contribution in [-0.2, 0) is 62.9 Å². The van der Waals surface area contributed by atoms with E-state index in [0.717, 1.165) is 77.2 Å². The van der Waals surface area contributed by atoms with E-state index in [4.69, 9.17) is 72.7 Å². The van der Waals surface area contributed by atoms with E-state index >= 15 is 0 Å². The van der Waals surface area contributed by atoms with E-state index in [1.807, 2.05) is 60.0 Å². The number of carbonyl (C=O) groups excluding carboxylic acids is 2. The number of fused-ring (bicyclic) bond motifs is 6. The summed E-state index contributed by atoms with van der Waals surface area (Å²) in [5.74, 6) is 9.42. The maximum Gasteiger partial charge on any atom is 0.327 e. The SMILES string of the molecule is C.CCOC(=O)CN(N)c1ccc(Cl)cc1.CCOC(=O)Cn1c2c(c3cc(Cl)ccc31)CN(C)CC2.CN1CCc2c(c3cc(Cl)ccc3n2CC(=O)O)C1.I.II.NNc1ccc(Cl)cc1. The van der Waals surface area contributed by atoms with Gasteiger partial charge in [-0.3, -0.25) is 25.2 Å². The number of benzene rings is 4. The summed E-state index contributed by atoms with van der Waals surface area (Å²) in [7, 11) is 4.19. The van der Waals surface area contributed by atoms with Gasteiger partial charge in [-0.15, -0.1) is 24.0 Å². The number of anilines is 2. The van der Waals surface area contributed by atoms with Gasteiger partial charge in [0.15, 0.2) is 0 Å². The predicted molar refractivity (Wildman–Crippen MR) is 307 cm³/mol. The molecule has 4 heterocycles. The van der Waals surface area contributed by atoms with E-state index in [9.17, 15) is 14.4 Å². The Morgan fingerprint density at radius 3 is 1.53 bits per heavy atom. The average molecular weight is 1350 g/mol. The first kappa shape index (κ1) is 61.3. The van der Waals surface area contributed by atoms with Gasteiger partial charge >= 0.3 is 17.9 Å². The summed E-state index contributed by atoms with van der Waals surface area (Å²) in [6, 6.07) is 25.6. The number of nitrogens with two attached hydrogens (primary N) is 2. The first-order chi connectivity index (χ1) is 31.6. The minimum atomic E-state index is -0.812.